The number of aromatic amines is 1. The molecule has 2 aromatic rings. The minimum Gasteiger partial charge on any atom is -0.361 e. The van der Waals surface area contributed by atoms with Crippen LogP contribution in [-0.2, 0) is 0 Å². The van der Waals surface area contributed by atoms with E-state index in [1.54, 1.807) is 6.92 Å². The highest BCUT2D eigenvalue weighted by Gasteiger charge is 2.12. The van der Waals surface area contributed by atoms with Crippen molar-refractivity contribution >= 4 is 11.6 Å². The number of halogens is 1. The highest BCUT2D eigenvalue weighted by Crippen LogP contribution is 2.22. The van der Waals surface area contributed by atoms with Gasteiger partial charge >= 0.3 is 0 Å². The zero-order chi connectivity index (χ0) is 12.6. The summed E-state index contributed by atoms with van der Waals surface area (Å²) in [5.74, 6) is 0. The van der Waals surface area contributed by atoms with Gasteiger partial charge in [-0.1, -0.05) is 41.4 Å². The van der Waals surface area contributed by atoms with Gasteiger partial charge in [0.05, 0.1) is 0 Å². The average Bonchev–Trinajstić information content (AvgIpc) is 2.29. The van der Waals surface area contributed by atoms with E-state index >= 15 is 0 Å². The monoisotopic (exact) mass is 247 g/mol. The quantitative estimate of drug-likeness (QED) is 0.820. The van der Waals surface area contributed by atoms with Gasteiger partial charge in [0, 0.05) is 17.0 Å². The summed E-state index contributed by atoms with van der Waals surface area (Å²) in [6.45, 7) is 5.71. The number of hydrogen-bond donors (Lipinski definition) is 1. The Morgan fingerprint density at radius 1 is 1.00 bits per heavy atom. The van der Waals surface area contributed by atoms with Crippen LogP contribution >= 0.6 is 11.6 Å². The van der Waals surface area contributed by atoms with Gasteiger partial charge in [-0.2, -0.15) is 0 Å². The summed E-state index contributed by atoms with van der Waals surface area (Å²) in [6.07, 6.45) is 0. The first-order valence-electron chi connectivity index (χ1n) is 5.46. The highest BCUT2D eigenvalue weighted by atomic mass is 35.5. The Bertz CT molecular complexity index is 611. The maximum absolute atomic E-state index is 12.1. The number of rotatable bonds is 1. The van der Waals surface area contributed by atoms with E-state index in [-0.39, 0.29) is 10.5 Å². The molecule has 1 aromatic heterocycles. The maximum Gasteiger partial charge on any atom is 0.208 e. The third-order valence-corrected chi connectivity index (χ3v) is 3.30. The third-order valence-electron chi connectivity index (χ3n) is 2.85. The Hall–Kier alpha value is -1.54. The van der Waals surface area contributed by atoms with Crippen LogP contribution in [0.4, 0.5) is 0 Å². The molecule has 0 saturated heterocycles. The Labute approximate surface area is 105 Å². The average molecular weight is 248 g/mol. The molecule has 0 atom stereocenters. The number of aryl methyl sites for hydroxylation is 3. The first kappa shape index (κ1) is 11.9. The van der Waals surface area contributed by atoms with Crippen molar-refractivity contribution in [2.45, 2.75) is 20.8 Å². The summed E-state index contributed by atoms with van der Waals surface area (Å²) in [7, 11) is 0. The minimum atomic E-state index is -0.107. The molecule has 1 N–H and O–H groups in total. The summed E-state index contributed by atoms with van der Waals surface area (Å²) < 4.78 is 0. The molecule has 0 aliphatic carbocycles. The molecule has 0 aliphatic rings. The standard InChI is InChI=1S/C14H14ClNO/c1-8-4-6-11(7-5-8)12-9(2)16-10(3)13(15)14(12)17/h4-7H,1-3H3,(H,16,17). The second-order valence-electron chi connectivity index (χ2n) is 4.26. The zero-order valence-corrected chi connectivity index (χ0v) is 10.9. The van der Waals surface area contributed by atoms with Gasteiger partial charge in [-0.3, -0.25) is 4.79 Å². The van der Waals surface area contributed by atoms with E-state index in [9.17, 15) is 4.79 Å². The number of H-pyrrole nitrogens is 1. The fraction of sp³-hybridized carbons (Fsp3) is 0.214. The molecule has 1 heterocycles. The molecule has 0 bridgehead atoms. The molecule has 0 radical (unpaired) electrons. The fourth-order valence-corrected chi connectivity index (χ4v) is 2.06. The smallest absolute Gasteiger partial charge is 0.208 e. The molecule has 2 rings (SSSR count). The Kier molecular flexibility index (Phi) is 3.07. The van der Waals surface area contributed by atoms with Gasteiger partial charge in [-0.25, -0.2) is 0 Å². The number of pyridine rings is 1. The van der Waals surface area contributed by atoms with Crippen molar-refractivity contribution in [2.75, 3.05) is 0 Å². The van der Waals surface area contributed by atoms with Crippen molar-refractivity contribution in [3.8, 4) is 11.1 Å². The van der Waals surface area contributed by atoms with Crippen LogP contribution in [0.5, 0.6) is 0 Å². The van der Waals surface area contributed by atoms with Crippen LogP contribution < -0.4 is 5.43 Å². The molecule has 0 saturated carbocycles. The molecule has 17 heavy (non-hydrogen) atoms. The van der Waals surface area contributed by atoms with Crippen molar-refractivity contribution in [3.05, 3.63) is 56.5 Å². The van der Waals surface area contributed by atoms with Crippen LogP contribution in [-0.4, -0.2) is 4.98 Å². The number of benzene rings is 1. The van der Waals surface area contributed by atoms with E-state index in [2.05, 4.69) is 4.98 Å². The topological polar surface area (TPSA) is 32.9 Å². The summed E-state index contributed by atoms with van der Waals surface area (Å²) in [4.78, 5) is 15.3. The van der Waals surface area contributed by atoms with Crippen LogP contribution in [0.1, 0.15) is 17.0 Å². The Morgan fingerprint density at radius 3 is 2.18 bits per heavy atom. The summed E-state index contributed by atoms with van der Waals surface area (Å²) in [5.41, 5.74) is 4.17. The maximum atomic E-state index is 12.1. The van der Waals surface area contributed by atoms with Crippen LogP contribution in [0, 0.1) is 20.8 Å². The van der Waals surface area contributed by atoms with Crippen molar-refractivity contribution in [1.82, 2.24) is 4.98 Å². The molecule has 2 nitrogen and oxygen atoms in total. The van der Waals surface area contributed by atoms with Crippen LogP contribution in [0.15, 0.2) is 29.1 Å². The van der Waals surface area contributed by atoms with Crippen molar-refractivity contribution in [3.63, 3.8) is 0 Å². The number of aromatic nitrogens is 1. The summed E-state index contributed by atoms with van der Waals surface area (Å²) >= 11 is 5.99. The molecular weight excluding hydrogens is 234 g/mol. The fourth-order valence-electron chi connectivity index (χ4n) is 1.92. The first-order chi connectivity index (χ1) is 8.00. The molecule has 88 valence electrons. The van der Waals surface area contributed by atoms with Crippen molar-refractivity contribution < 1.29 is 0 Å². The largest absolute Gasteiger partial charge is 0.361 e. The molecule has 0 fully saturated rings. The van der Waals surface area contributed by atoms with E-state index in [0.717, 1.165) is 11.3 Å². The minimum absolute atomic E-state index is 0.107. The van der Waals surface area contributed by atoms with Crippen LogP contribution in [0.2, 0.25) is 5.02 Å². The molecule has 0 spiro atoms. The first-order valence-corrected chi connectivity index (χ1v) is 5.84. The highest BCUT2D eigenvalue weighted by molar-refractivity contribution is 6.31. The SMILES string of the molecule is Cc1ccc(-c2c(C)[nH]c(C)c(Cl)c2=O)cc1. The van der Waals surface area contributed by atoms with Gasteiger partial charge in [0.25, 0.3) is 0 Å². The van der Waals surface area contributed by atoms with E-state index in [0.29, 0.717) is 11.3 Å². The van der Waals surface area contributed by atoms with Gasteiger partial charge in [0.2, 0.25) is 5.43 Å². The van der Waals surface area contributed by atoms with E-state index in [1.165, 1.54) is 5.56 Å². The lowest BCUT2D eigenvalue weighted by Gasteiger charge is -2.08. The predicted octanol–water partition coefficient (Wildman–Crippen LogP) is 3.62. The Balaban J connectivity index is 2.72. The lowest BCUT2D eigenvalue weighted by atomic mass is 10.0. The molecule has 3 heteroatoms. The zero-order valence-electron chi connectivity index (χ0n) is 10.1. The van der Waals surface area contributed by atoms with Gasteiger partial charge in [0.1, 0.15) is 5.02 Å². The van der Waals surface area contributed by atoms with Crippen molar-refractivity contribution in [1.29, 1.82) is 0 Å². The van der Waals surface area contributed by atoms with Gasteiger partial charge in [-0.05, 0) is 26.3 Å². The number of nitrogens with one attached hydrogen (secondary N) is 1. The normalized spacial score (nSPS) is 10.6. The molecular formula is C14H14ClNO. The molecule has 1 aromatic carbocycles. The van der Waals surface area contributed by atoms with E-state index < -0.39 is 0 Å². The molecule has 0 amide bonds. The predicted molar refractivity (Wildman–Crippen MR) is 71.7 cm³/mol. The second kappa shape index (κ2) is 4.38. The van der Waals surface area contributed by atoms with Crippen molar-refractivity contribution in [2.24, 2.45) is 0 Å². The lowest BCUT2D eigenvalue weighted by Crippen LogP contribution is -2.11. The third kappa shape index (κ3) is 2.13. The van der Waals surface area contributed by atoms with Gasteiger partial charge in [0.15, 0.2) is 0 Å². The summed E-state index contributed by atoms with van der Waals surface area (Å²) in [5, 5.41) is 0.270. The Morgan fingerprint density at radius 2 is 1.59 bits per heavy atom. The van der Waals surface area contributed by atoms with Crippen LogP contribution in [0.3, 0.4) is 0 Å². The lowest BCUT2D eigenvalue weighted by molar-refractivity contribution is 1.11. The van der Waals surface area contributed by atoms with Gasteiger partial charge in [-0.15, -0.1) is 0 Å². The summed E-state index contributed by atoms with van der Waals surface area (Å²) in [6, 6.07) is 7.86. The molecule has 0 unspecified atom stereocenters. The molecule has 0 aliphatic heterocycles. The van der Waals surface area contributed by atoms with E-state index in [1.807, 2.05) is 38.1 Å². The van der Waals surface area contributed by atoms with E-state index in [4.69, 9.17) is 11.6 Å². The van der Waals surface area contributed by atoms with Gasteiger partial charge < -0.3 is 4.98 Å². The number of hydrogen-bond acceptors (Lipinski definition) is 1. The second-order valence-corrected chi connectivity index (χ2v) is 4.64. The van der Waals surface area contributed by atoms with Crippen LogP contribution in [0.25, 0.3) is 11.1 Å².